The van der Waals surface area contributed by atoms with E-state index in [2.05, 4.69) is 18.8 Å². The quantitative estimate of drug-likeness (QED) is 0.835. The van der Waals surface area contributed by atoms with Crippen molar-refractivity contribution >= 4 is 17.2 Å². The molecule has 0 radical (unpaired) electrons. The molecule has 3 nitrogen and oxygen atoms in total. The summed E-state index contributed by atoms with van der Waals surface area (Å²) in [5, 5.41) is 3.84. The molecule has 0 aliphatic heterocycles. The van der Waals surface area contributed by atoms with Crippen LogP contribution in [-0.2, 0) is 6.54 Å². The number of carbonyl (C=O) groups excluding carboxylic acids is 1. The van der Waals surface area contributed by atoms with Crippen molar-refractivity contribution in [3.05, 3.63) is 52.5 Å². The van der Waals surface area contributed by atoms with Crippen molar-refractivity contribution in [3.63, 3.8) is 0 Å². The number of thiophene rings is 1. The van der Waals surface area contributed by atoms with Crippen LogP contribution in [0.15, 0.2) is 41.4 Å². The van der Waals surface area contributed by atoms with Crippen molar-refractivity contribution in [1.82, 2.24) is 9.88 Å². The fourth-order valence-electron chi connectivity index (χ4n) is 1.89. The molecule has 2 aromatic heterocycles. The highest BCUT2D eigenvalue weighted by Gasteiger charge is 2.20. The van der Waals surface area contributed by atoms with Gasteiger partial charge in [-0.05, 0) is 36.4 Å². The largest absolute Gasteiger partial charge is 0.332 e. The Labute approximate surface area is 117 Å². The minimum atomic E-state index is 0.0967. The summed E-state index contributed by atoms with van der Waals surface area (Å²) in [7, 11) is 0. The van der Waals surface area contributed by atoms with Crippen LogP contribution in [0.4, 0.5) is 0 Å². The highest BCUT2D eigenvalue weighted by Crippen LogP contribution is 2.16. The van der Waals surface area contributed by atoms with Gasteiger partial charge in [0.2, 0.25) is 0 Å². The summed E-state index contributed by atoms with van der Waals surface area (Å²) in [6.07, 6.45) is 4.50. The third-order valence-electron chi connectivity index (χ3n) is 3.23. The lowest BCUT2D eigenvalue weighted by Crippen LogP contribution is -2.37. The van der Waals surface area contributed by atoms with Crippen LogP contribution in [0, 0.1) is 0 Å². The van der Waals surface area contributed by atoms with Gasteiger partial charge in [0.15, 0.2) is 0 Å². The second kappa shape index (κ2) is 6.48. The number of aromatic nitrogens is 1. The monoisotopic (exact) mass is 274 g/mol. The van der Waals surface area contributed by atoms with Crippen LogP contribution >= 0.6 is 11.3 Å². The number of rotatable bonds is 5. The molecule has 1 amide bonds. The molecule has 0 aromatic carbocycles. The fraction of sp³-hybridized carbons (Fsp3) is 0.333. The van der Waals surface area contributed by atoms with Crippen LogP contribution in [0.2, 0.25) is 0 Å². The Morgan fingerprint density at radius 3 is 2.89 bits per heavy atom. The van der Waals surface area contributed by atoms with Crippen LogP contribution in [0.3, 0.4) is 0 Å². The van der Waals surface area contributed by atoms with Gasteiger partial charge in [-0.3, -0.25) is 9.78 Å². The van der Waals surface area contributed by atoms with Gasteiger partial charge >= 0.3 is 0 Å². The zero-order chi connectivity index (χ0) is 13.7. The average Bonchev–Trinajstić information content (AvgIpc) is 2.98. The number of amides is 1. The van der Waals surface area contributed by atoms with Gasteiger partial charge < -0.3 is 4.90 Å². The van der Waals surface area contributed by atoms with E-state index in [-0.39, 0.29) is 11.9 Å². The van der Waals surface area contributed by atoms with Crippen LogP contribution in [0.25, 0.3) is 0 Å². The van der Waals surface area contributed by atoms with Crippen molar-refractivity contribution in [2.45, 2.75) is 32.9 Å². The number of pyridine rings is 1. The summed E-state index contributed by atoms with van der Waals surface area (Å²) in [5.74, 6) is 0.0967. The number of hydrogen-bond acceptors (Lipinski definition) is 3. The number of nitrogens with zero attached hydrogens (tertiary/aromatic N) is 2. The highest BCUT2D eigenvalue weighted by atomic mass is 32.1. The summed E-state index contributed by atoms with van der Waals surface area (Å²) < 4.78 is 0. The Morgan fingerprint density at radius 1 is 1.47 bits per heavy atom. The molecule has 0 aliphatic carbocycles. The van der Waals surface area contributed by atoms with E-state index in [1.165, 1.54) is 0 Å². The first kappa shape index (κ1) is 13.7. The van der Waals surface area contributed by atoms with Crippen LogP contribution in [-0.4, -0.2) is 21.8 Å². The lowest BCUT2D eigenvalue weighted by atomic mass is 10.1. The molecule has 100 valence electrons. The molecule has 0 bridgehead atoms. The van der Waals surface area contributed by atoms with Crippen molar-refractivity contribution < 1.29 is 4.79 Å². The zero-order valence-electron chi connectivity index (χ0n) is 11.2. The third kappa shape index (κ3) is 3.41. The summed E-state index contributed by atoms with van der Waals surface area (Å²) in [4.78, 5) is 18.5. The first-order chi connectivity index (χ1) is 9.22. The smallest absolute Gasteiger partial charge is 0.255 e. The van der Waals surface area contributed by atoms with Crippen LogP contribution in [0.5, 0.6) is 0 Å². The Kier molecular flexibility index (Phi) is 4.68. The van der Waals surface area contributed by atoms with E-state index >= 15 is 0 Å². The molecule has 0 fully saturated rings. The van der Waals surface area contributed by atoms with E-state index < -0.39 is 0 Å². The van der Waals surface area contributed by atoms with Gasteiger partial charge in [0.05, 0.1) is 5.56 Å². The van der Waals surface area contributed by atoms with Gasteiger partial charge in [-0.1, -0.05) is 13.0 Å². The van der Waals surface area contributed by atoms with Gasteiger partial charge in [-0.15, -0.1) is 0 Å². The van der Waals surface area contributed by atoms with Gasteiger partial charge in [-0.25, -0.2) is 0 Å². The summed E-state index contributed by atoms with van der Waals surface area (Å²) in [6.45, 7) is 4.79. The summed E-state index contributed by atoms with van der Waals surface area (Å²) in [5.41, 5.74) is 1.83. The van der Waals surface area contributed by atoms with Crippen molar-refractivity contribution in [2.75, 3.05) is 0 Å². The van der Waals surface area contributed by atoms with E-state index in [4.69, 9.17) is 0 Å². The maximum atomic E-state index is 12.5. The molecule has 0 saturated heterocycles. The Hall–Kier alpha value is -1.68. The molecular weight excluding hydrogens is 256 g/mol. The third-order valence-corrected chi connectivity index (χ3v) is 3.91. The molecule has 0 unspecified atom stereocenters. The van der Waals surface area contributed by atoms with Gasteiger partial charge in [-0.2, -0.15) is 11.3 Å². The van der Waals surface area contributed by atoms with Crippen LogP contribution < -0.4 is 0 Å². The zero-order valence-corrected chi connectivity index (χ0v) is 12.1. The van der Waals surface area contributed by atoms with E-state index in [0.717, 1.165) is 17.5 Å². The first-order valence-corrected chi connectivity index (χ1v) is 7.38. The average molecular weight is 274 g/mol. The van der Waals surface area contributed by atoms with E-state index in [9.17, 15) is 4.79 Å². The minimum Gasteiger partial charge on any atom is -0.332 e. The first-order valence-electron chi connectivity index (χ1n) is 6.44. The second-order valence-corrected chi connectivity index (χ2v) is 5.34. The molecule has 4 heteroatoms. The molecule has 0 N–H and O–H groups in total. The standard InChI is InChI=1S/C15H18N2OS/c1-3-12(2)17(10-13-5-4-7-16-9-13)15(18)14-6-8-19-11-14/h4-9,11-12H,3,10H2,1-2H3/t12-/m1/s1. The number of hydrogen-bond donors (Lipinski definition) is 0. The van der Waals surface area contributed by atoms with Crippen molar-refractivity contribution in [2.24, 2.45) is 0 Å². The van der Waals surface area contributed by atoms with Gasteiger partial charge in [0.1, 0.15) is 0 Å². The van der Waals surface area contributed by atoms with E-state index in [0.29, 0.717) is 6.54 Å². The Balaban J connectivity index is 2.19. The second-order valence-electron chi connectivity index (χ2n) is 4.56. The normalized spacial score (nSPS) is 12.1. The fourth-order valence-corrected chi connectivity index (χ4v) is 2.52. The molecule has 0 spiro atoms. The summed E-state index contributed by atoms with van der Waals surface area (Å²) in [6, 6.07) is 6.00. The van der Waals surface area contributed by atoms with Gasteiger partial charge in [0.25, 0.3) is 5.91 Å². The minimum absolute atomic E-state index is 0.0967. The molecule has 1 atom stereocenters. The van der Waals surface area contributed by atoms with E-state index in [1.54, 1.807) is 17.5 Å². The lowest BCUT2D eigenvalue weighted by Gasteiger charge is -2.28. The topological polar surface area (TPSA) is 33.2 Å². The molecule has 0 saturated carbocycles. The van der Waals surface area contributed by atoms with E-state index in [1.807, 2.05) is 40.1 Å². The lowest BCUT2D eigenvalue weighted by molar-refractivity contribution is 0.0672. The Bertz CT molecular complexity index is 510. The molecule has 0 aliphatic rings. The molecule has 2 heterocycles. The van der Waals surface area contributed by atoms with Crippen LogP contribution in [0.1, 0.15) is 36.2 Å². The highest BCUT2D eigenvalue weighted by molar-refractivity contribution is 7.08. The summed E-state index contributed by atoms with van der Waals surface area (Å²) >= 11 is 1.55. The molecular formula is C15H18N2OS. The Morgan fingerprint density at radius 2 is 2.32 bits per heavy atom. The van der Waals surface area contributed by atoms with Crippen molar-refractivity contribution in [3.8, 4) is 0 Å². The predicted octanol–water partition coefficient (Wildman–Crippen LogP) is 3.58. The predicted molar refractivity (Wildman–Crippen MR) is 78.2 cm³/mol. The van der Waals surface area contributed by atoms with Gasteiger partial charge in [0, 0.05) is 30.4 Å². The van der Waals surface area contributed by atoms with Crippen molar-refractivity contribution in [1.29, 1.82) is 0 Å². The molecule has 19 heavy (non-hydrogen) atoms. The maximum absolute atomic E-state index is 12.5. The number of carbonyl (C=O) groups is 1. The molecule has 2 aromatic rings. The SMILES string of the molecule is CC[C@@H](C)N(Cc1cccnc1)C(=O)c1ccsc1. The maximum Gasteiger partial charge on any atom is 0.255 e. The molecule has 2 rings (SSSR count).